The van der Waals surface area contributed by atoms with Gasteiger partial charge in [0, 0.05) is 5.56 Å². The summed E-state index contributed by atoms with van der Waals surface area (Å²) >= 11 is 0. The van der Waals surface area contributed by atoms with Crippen LogP contribution in [0.5, 0.6) is 0 Å². The molecule has 0 amide bonds. The van der Waals surface area contributed by atoms with E-state index < -0.39 is 12.2 Å². The van der Waals surface area contributed by atoms with E-state index in [9.17, 15) is 13.6 Å². The average molecular weight is 232 g/mol. The number of alkyl halides is 2. The van der Waals surface area contributed by atoms with Crippen LogP contribution in [0.1, 0.15) is 10.4 Å². The Morgan fingerprint density at radius 3 is 2.18 bits per heavy atom. The highest BCUT2D eigenvalue weighted by Gasteiger charge is 2.17. The molecule has 0 saturated heterocycles. The minimum atomic E-state index is -2.96. The molecule has 0 N–H and O–H groups in total. The van der Waals surface area contributed by atoms with Crippen molar-refractivity contribution >= 4 is 5.78 Å². The van der Waals surface area contributed by atoms with Crippen molar-refractivity contribution in [3.63, 3.8) is 0 Å². The van der Waals surface area contributed by atoms with Crippen LogP contribution in [-0.2, 0) is 0 Å². The average Bonchev–Trinajstić information content (AvgIpc) is 2.39. The summed E-state index contributed by atoms with van der Waals surface area (Å²) in [6.07, 6.45) is -2.96. The zero-order valence-electron chi connectivity index (χ0n) is 8.94. The van der Waals surface area contributed by atoms with Crippen molar-refractivity contribution in [3.8, 4) is 11.1 Å². The molecule has 0 spiro atoms. The Balaban J connectivity index is 2.39. The molecule has 3 heteroatoms. The van der Waals surface area contributed by atoms with Gasteiger partial charge in [-0.15, -0.1) is 0 Å². The summed E-state index contributed by atoms with van der Waals surface area (Å²) in [7, 11) is 0. The van der Waals surface area contributed by atoms with Crippen molar-refractivity contribution in [3.05, 3.63) is 60.2 Å². The van der Waals surface area contributed by atoms with E-state index in [1.165, 1.54) is 12.1 Å². The number of Topliss-reactive ketones (excluding diaryl/α,β-unsaturated/α-hetero) is 1. The Labute approximate surface area is 97.7 Å². The van der Waals surface area contributed by atoms with E-state index in [-0.39, 0.29) is 5.56 Å². The monoisotopic (exact) mass is 232 g/mol. The van der Waals surface area contributed by atoms with E-state index in [2.05, 4.69) is 0 Å². The van der Waals surface area contributed by atoms with Gasteiger partial charge in [-0.25, -0.2) is 8.78 Å². The van der Waals surface area contributed by atoms with Gasteiger partial charge < -0.3 is 0 Å². The fraction of sp³-hybridized carbons (Fsp3) is 0.0714. The molecule has 1 nitrogen and oxygen atoms in total. The molecule has 0 atom stereocenters. The zero-order valence-corrected chi connectivity index (χ0v) is 8.94. The summed E-state index contributed by atoms with van der Waals surface area (Å²) in [6, 6.07) is 15.6. The molecule has 0 unspecified atom stereocenters. The third-order valence-corrected chi connectivity index (χ3v) is 2.45. The van der Waals surface area contributed by atoms with E-state index in [0.29, 0.717) is 0 Å². The predicted octanol–water partition coefficient (Wildman–Crippen LogP) is 3.80. The maximum atomic E-state index is 12.3. The second-order valence-corrected chi connectivity index (χ2v) is 3.61. The topological polar surface area (TPSA) is 17.1 Å². The molecule has 2 aromatic rings. The van der Waals surface area contributed by atoms with E-state index in [1.807, 2.05) is 30.3 Å². The molecule has 0 aliphatic carbocycles. The Hall–Kier alpha value is -2.03. The van der Waals surface area contributed by atoms with E-state index in [4.69, 9.17) is 0 Å². The van der Waals surface area contributed by atoms with Gasteiger partial charge in [-0.3, -0.25) is 4.79 Å². The summed E-state index contributed by atoms with van der Waals surface area (Å²) in [4.78, 5) is 11.2. The maximum absolute atomic E-state index is 12.3. The fourth-order valence-electron chi connectivity index (χ4n) is 1.61. The fourth-order valence-corrected chi connectivity index (χ4v) is 1.61. The van der Waals surface area contributed by atoms with Crippen molar-refractivity contribution < 1.29 is 13.6 Å². The number of hydrogen-bond donors (Lipinski definition) is 0. The molecule has 0 aromatic heterocycles. The number of carbonyl (C=O) groups is 1. The Morgan fingerprint density at radius 2 is 1.53 bits per heavy atom. The molecular weight excluding hydrogens is 222 g/mol. The molecule has 0 saturated carbocycles. The first-order valence-corrected chi connectivity index (χ1v) is 5.16. The minimum Gasteiger partial charge on any atom is -0.288 e. The van der Waals surface area contributed by atoms with Crippen LogP contribution in [0.4, 0.5) is 8.78 Å². The molecule has 0 aliphatic rings. The maximum Gasteiger partial charge on any atom is 0.300 e. The number of rotatable bonds is 3. The SMILES string of the molecule is O=C(c1cccc(-c2ccccc2)c1)C(F)F. The molecule has 17 heavy (non-hydrogen) atoms. The highest BCUT2D eigenvalue weighted by molar-refractivity contribution is 5.99. The third kappa shape index (κ3) is 2.56. The highest BCUT2D eigenvalue weighted by atomic mass is 19.3. The van der Waals surface area contributed by atoms with Crippen LogP contribution >= 0.6 is 0 Å². The van der Waals surface area contributed by atoms with Crippen molar-refractivity contribution in [2.75, 3.05) is 0 Å². The number of ketones is 1. The van der Waals surface area contributed by atoms with Gasteiger partial charge in [-0.1, -0.05) is 48.5 Å². The molecule has 0 heterocycles. The van der Waals surface area contributed by atoms with Gasteiger partial charge in [0.15, 0.2) is 0 Å². The lowest BCUT2D eigenvalue weighted by molar-refractivity contribution is 0.0679. The molecule has 2 aromatic carbocycles. The Morgan fingerprint density at radius 1 is 0.882 bits per heavy atom. The van der Waals surface area contributed by atoms with Crippen molar-refractivity contribution in [2.24, 2.45) is 0 Å². The largest absolute Gasteiger partial charge is 0.300 e. The van der Waals surface area contributed by atoms with Crippen LogP contribution in [0.2, 0.25) is 0 Å². The van der Waals surface area contributed by atoms with Gasteiger partial charge in [0.05, 0.1) is 0 Å². The van der Waals surface area contributed by atoms with Crippen LogP contribution in [0, 0.1) is 0 Å². The number of halogens is 2. The van der Waals surface area contributed by atoms with E-state index in [1.54, 1.807) is 12.1 Å². The molecule has 0 aliphatic heterocycles. The molecule has 86 valence electrons. The third-order valence-electron chi connectivity index (χ3n) is 2.45. The summed E-state index contributed by atoms with van der Waals surface area (Å²) < 4.78 is 24.6. The van der Waals surface area contributed by atoms with Crippen LogP contribution in [-0.4, -0.2) is 12.2 Å². The quantitative estimate of drug-likeness (QED) is 0.735. The molecule has 0 fully saturated rings. The van der Waals surface area contributed by atoms with Gasteiger partial charge in [0.2, 0.25) is 5.78 Å². The van der Waals surface area contributed by atoms with Crippen LogP contribution < -0.4 is 0 Å². The second kappa shape index (κ2) is 4.87. The van der Waals surface area contributed by atoms with Gasteiger partial charge in [-0.2, -0.15) is 0 Å². The smallest absolute Gasteiger partial charge is 0.288 e. The van der Waals surface area contributed by atoms with E-state index >= 15 is 0 Å². The van der Waals surface area contributed by atoms with Gasteiger partial charge in [0.25, 0.3) is 0 Å². The predicted molar refractivity (Wildman–Crippen MR) is 62.2 cm³/mol. The summed E-state index contributed by atoms with van der Waals surface area (Å²) in [5.41, 5.74) is 1.70. The lowest BCUT2D eigenvalue weighted by atomic mass is 10.0. The van der Waals surface area contributed by atoms with E-state index in [0.717, 1.165) is 11.1 Å². The first-order valence-electron chi connectivity index (χ1n) is 5.16. The van der Waals surface area contributed by atoms with Crippen molar-refractivity contribution in [1.82, 2.24) is 0 Å². The summed E-state index contributed by atoms with van der Waals surface area (Å²) in [5, 5.41) is 0. The minimum absolute atomic E-state index is 0.0429. The zero-order chi connectivity index (χ0) is 12.3. The number of carbonyl (C=O) groups excluding carboxylic acids is 1. The van der Waals surface area contributed by atoms with Crippen molar-refractivity contribution in [2.45, 2.75) is 6.43 Å². The van der Waals surface area contributed by atoms with Gasteiger partial charge >= 0.3 is 6.43 Å². The lowest BCUT2D eigenvalue weighted by Crippen LogP contribution is -2.09. The Kier molecular flexibility index (Phi) is 3.28. The number of hydrogen-bond acceptors (Lipinski definition) is 1. The van der Waals surface area contributed by atoms with Crippen LogP contribution in [0.15, 0.2) is 54.6 Å². The Bertz CT molecular complexity index is 521. The summed E-state index contributed by atoms with van der Waals surface area (Å²) in [5.74, 6) is -1.14. The number of benzene rings is 2. The standard InChI is InChI=1S/C14H10F2O/c15-14(16)13(17)12-8-4-7-11(9-12)10-5-2-1-3-6-10/h1-9,14H. The first kappa shape index (κ1) is 11.5. The summed E-state index contributed by atoms with van der Waals surface area (Å²) in [6.45, 7) is 0. The van der Waals surface area contributed by atoms with Crippen LogP contribution in [0.25, 0.3) is 11.1 Å². The molecular formula is C14H10F2O. The highest BCUT2D eigenvalue weighted by Crippen LogP contribution is 2.21. The molecule has 2 rings (SSSR count). The van der Waals surface area contributed by atoms with Gasteiger partial charge in [0.1, 0.15) is 0 Å². The molecule has 0 bridgehead atoms. The van der Waals surface area contributed by atoms with Gasteiger partial charge in [-0.05, 0) is 17.2 Å². The van der Waals surface area contributed by atoms with Crippen molar-refractivity contribution in [1.29, 1.82) is 0 Å². The second-order valence-electron chi connectivity index (χ2n) is 3.61. The van der Waals surface area contributed by atoms with Crippen LogP contribution in [0.3, 0.4) is 0 Å². The molecule has 0 radical (unpaired) electrons. The lowest BCUT2D eigenvalue weighted by Gasteiger charge is -2.04. The normalized spacial score (nSPS) is 10.5. The first-order chi connectivity index (χ1) is 8.18.